The molecule has 2 heterocycles. The molecule has 148 valence electrons. The predicted octanol–water partition coefficient (Wildman–Crippen LogP) is 3.33. The number of amides is 1. The summed E-state index contributed by atoms with van der Waals surface area (Å²) in [6.45, 7) is 2.94. The van der Waals surface area contributed by atoms with Crippen LogP contribution in [0.15, 0.2) is 60.9 Å². The molecule has 0 radical (unpaired) electrons. The zero-order valence-corrected chi connectivity index (χ0v) is 15.6. The molecule has 1 saturated heterocycles. The fourth-order valence-corrected chi connectivity index (χ4v) is 3.22. The summed E-state index contributed by atoms with van der Waals surface area (Å²) in [6, 6.07) is 13.6. The number of piperazine rings is 1. The fraction of sp³-hybridized carbons (Fsp3) is 0.190. The summed E-state index contributed by atoms with van der Waals surface area (Å²) in [7, 11) is 0. The van der Waals surface area contributed by atoms with E-state index in [1.54, 1.807) is 18.2 Å². The minimum Gasteiger partial charge on any atom is -0.368 e. The quantitative estimate of drug-likeness (QED) is 0.734. The van der Waals surface area contributed by atoms with Gasteiger partial charge >= 0.3 is 0 Å². The van der Waals surface area contributed by atoms with Gasteiger partial charge in [0.1, 0.15) is 29.5 Å². The summed E-state index contributed by atoms with van der Waals surface area (Å²) in [5.74, 6) is -0.333. The molecule has 0 atom stereocenters. The Morgan fingerprint density at radius 2 is 1.41 bits per heavy atom. The Morgan fingerprint density at radius 3 is 2.07 bits per heavy atom. The average Bonchev–Trinajstić information content (AvgIpc) is 2.76. The number of carbonyl (C=O) groups is 1. The molecular formula is C21H19F2N5O. The van der Waals surface area contributed by atoms with Crippen molar-refractivity contribution < 1.29 is 13.6 Å². The smallest absolute Gasteiger partial charge is 0.274 e. The van der Waals surface area contributed by atoms with Crippen molar-refractivity contribution in [3.8, 4) is 0 Å². The molecule has 29 heavy (non-hydrogen) atoms. The van der Waals surface area contributed by atoms with E-state index in [4.69, 9.17) is 0 Å². The first kappa shape index (κ1) is 18.8. The summed E-state index contributed by atoms with van der Waals surface area (Å²) in [5.41, 5.74) is 1.71. The Labute approximate surface area is 166 Å². The van der Waals surface area contributed by atoms with Crippen LogP contribution in [0.5, 0.6) is 0 Å². The molecule has 8 heteroatoms. The normalized spacial score (nSPS) is 14.0. The van der Waals surface area contributed by atoms with Gasteiger partial charge in [-0.25, -0.2) is 18.7 Å². The summed E-state index contributed by atoms with van der Waals surface area (Å²) in [4.78, 5) is 25.0. The molecule has 0 aliphatic carbocycles. The van der Waals surface area contributed by atoms with Crippen molar-refractivity contribution in [2.45, 2.75) is 0 Å². The Kier molecular flexibility index (Phi) is 5.33. The van der Waals surface area contributed by atoms with Gasteiger partial charge in [-0.05, 0) is 48.5 Å². The Hall–Kier alpha value is -3.55. The van der Waals surface area contributed by atoms with Gasteiger partial charge in [0, 0.05) is 43.6 Å². The van der Waals surface area contributed by atoms with E-state index in [-0.39, 0.29) is 23.2 Å². The van der Waals surface area contributed by atoms with Gasteiger partial charge in [0.15, 0.2) is 0 Å². The van der Waals surface area contributed by atoms with Crippen LogP contribution in [0.1, 0.15) is 10.5 Å². The van der Waals surface area contributed by atoms with Crippen LogP contribution in [0, 0.1) is 11.6 Å². The van der Waals surface area contributed by atoms with Crippen LogP contribution in [-0.2, 0) is 0 Å². The molecule has 1 aliphatic heterocycles. The molecule has 1 fully saturated rings. The summed E-state index contributed by atoms with van der Waals surface area (Å²) in [5, 5.41) is 2.70. The number of hydrogen-bond acceptors (Lipinski definition) is 5. The number of rotatable bonds is 4. The number of anilines is 3. The van der Waals surface area contributed by atoms with E-state index < -0.39 is 0 Å². The minimum absolute atomic E-state index is 0.236. The number of nitrogens with one attached hydrogen (secondary N) is 1. The standard InChI is InChI=1S/C21H19F2N5O/c22-15-1-5-17(6-2-15)26-21(29)19-13-20(25-14-24-19)28-11-9-27(10-12-28)18-7-3-16(23)4-8-18/h1-8,13-14H,9-12H2,(H,26,29). The van der Waals surface area contributed by atoms with Gasteiger partial charge in [0.25, 0.3) is 5.91 Å². The number of halogens is 2. The Balaban J connectivity index is 1.40. The predicted molar refractivity (Wildman–Crippen MR) is 107 cm³/mol. The van der Waals surface area contributed by atoms with Gasteiger partial charge in [0.2, 0.25) is 0 Å². The molecule has 3 aromatic rings. The lowest BCUT2D eigenvalue weighted by Crippen LogP contribution is -2.46. The van der Waals surface area contributed by atoms with Crippen molar-refractivity contribution in [3.63, 3.8) is 0 Å². The molecular weight excluding hydrogens is 376 g/mol. The molecule has 0 spiro atoms. The number of carbonyl (C=O) groups excluding carboxylic acids is 1. The first-order chi connectivity index (χ1) is 14.1. The highest BCUT2D eigenvalue weighted by atomic mass is 19.1. The lowest BCUT2D eigenvalue weighted by molar-refractivity contribution is 0.102. The second-order valence-electron chi connectivity index (χ2n) is 6.67. The molecule has 1 aliphatic rings. The van der Waals surface area contributed by atoms with E-state index in [1.807, 2.05) is 0 Å². The number of hydrogen-bond donors (Lipinski definition) is 1. The zero-order chi connectivity index (χ0) is 20.2. The Morgan fingerprint density at radius 1 is 0.828 bits per heavy atom. The highest BCUT2D eigenvalue weighted by molar-refractivity contribution is 6.03. The summed E-state index contributed by atoms with van der Waals surface area (Å²) < 4.78 is 26.1. The van der Waals surface area contributed by atoms with Gasteiger partial charge in [-0.3, -0.25) is 4.79 Å². The number of benzene rings is 2. The van der Waals surface area contributed by atoms with E-state index in [0.29, 0.717) is 24.6 Å². The third kappa shape index (κ3) is 4.48. The Bertz CT molecular complexity index is 987. The SMILES string of the molecule is O=C(Nc1ccc(F)cc1)c1cc(N2CCN(c3ccc(F)cc3)CC2)ncn1. The van der Waals surface area contributed by atoms with Gasteiger partial charge in [0.05, 0.1) is 0 Å². The monoisotopic (exact) mass is 395 g/mol. The van der Waals surface area contributed by atoms with Gasteiger partial charge in [-0.15, -0.1) is 0 Å². The third-order valence-corrected chi connectivity index (χ3v) is 4.78. The van der Waals surface area contributed by atoms with Crippen LogP contribution in [0.25, 0.3) is 0 Å². The third-order valence-electron chi connectivity index (χ3n) is 4.78. The highest BCUT2D eigenvalue weighted by Gasteiger charge is 2.20. The van der Waals surface area contributed by atoms with Gasteiger partial charge in [-0.1, -0.05) is 0 Å². The fourth-order valence-electron chi connectivity index (χ4n) is 3.22. The maximum absolute atomic E-state index is 13.1. The van der Waals surface area contributed by atoms with Crippen molar-refractivity contribution in [2.24, 2.45) is 0 Å². The molecule has 0 unspecified atom stereocenters. The largest absolute Gasteiger partial charge is 0.368 e. The van der Waals surface area contributed by atoms with Crippen LogP contribution in [-0.4, -0.2) is 42.1 Å². The second-order valence-corrected chi connectivity index (χ2v) is 6.67. The van der Waals surface area contributed by atoms with Crippen LogP contribution in [0.2, 0.25) is 0 Å². The maximum Gasteiger partial charge on any atom is 0.274 e. The van der Waals surface area contributed by atoms with Gasteiger partial charge in [-0.2, -0.15) is 0 Å². The van der Waals surface area contributed by atoms with Crippen LogP contribution in [0.4, 0.5) is 26.0 Å². The van der Waals surface area contributed by atoms with E-state index in [9.17, 15) is 13.6 Å². The average molecular weight is 395 g/mol. The molecule has 0 bridgehead atoms. The van der Waals surface area contributed by atoms with Gasteiger partial charge < -0.3 is 15.1 Å². The van der Waals surface area contributed by atoms with E-state index in [1.165, 1.54) is 42.7 Å². The second kappa shape index (κ2) is 8.22. The summed E-state index contributed by atoms with van der Waals surface area (Å²) >= 11 is 0. The molecule has 4 rings (SSSR count). The van der Waals surface area contributed by atoms with Crippen LogP contribution >= 0.6 is 0 Å². The van der Waals surface area contributed by atoms with E-state index in [2.05, 4.69) is 25.1 Å². The maximum atomic E-state index is 13.1. The van der Waals surface area contributed by atoms with Crippen LogP contribution < -0.4 is 15.1 Å². The van der Waals surface area contributed by atoms with Crippen LogP contribution in [0.3, 0.4) is 0 Å². The number of aromatic nitrogens is 2. The lowest BCUT2D eigenvalue weighted by atomic mass is 10.2. The lowest BCUT2D eigenvalue weighted by Gasteiger charge is -2.36. The van der Waals surface area contributed by atoms with E-state index in [0.717, 1.165) is 18.8 Å². The van der Waals surface area contributed by atoms with Crippen molar-refractivity contribution in [3.05, 3.63) is 78.3 Å². The van der Waals surface area contributed by atoms with Crippen molar-refractivity contribution in [2.75, 3.05) is 41.3 Å². The first-order valence-corrected chi connectivity index (χ1v) is 9.23. The van der Waals surface area contributed by atoms with Crippen molar-refractivity contribution in [1.82, 2.24) is 9.97 Å². The number of nitrogens with zero attached hydrogens (tertiary/aromatic N) is 4. The first-order valence-electron chi connectivity index (χ1n) is 9.23. The topological polar surface area (TPSA) is 61.4 Å². The zero-order valence-electron chi connectivity index (χ0n) is 15.6. The molecule has 1 aromatic heterocycles. The minimum atomic E-state index is -0.384. The molecule has 1 N–H and O–H groups in total. The molecule has 2 aromatic carbocycles. The van der Waals surface area contributed by atoms with Crippen molar-refractivity contribution >= 4 is 23.1 Å². The highest BCUT2D eigenvalue weighted by Crippen LogP contribution is 2.20. The molecule has 1 amide bonds. The molecule has 6 nitrogen and oxygen atoms in total. The van der Waals surface area contributed by atoms with Crippen molar-refractivity contribution in [1.29, 1.82) is 0 Å². The van der Waals surface area contributed by atoms with E-state index >= 15 is 0 Å². The molecule has 0 saturated carbocycles. The summed E-state index contributed by atoms with van der Waals surface area (Å²) in [6.07, 6.45) is 1.36.